The van der Waals surface area contributed by atoms with Crippen LogP contribution in [0.25, 0.3) is 0 Å². The van der Waals surface area contributed by atoms with Crippen LogP contribution < -0.4 is 5.32 Å². The number of carboxylic acid groups (broad SMARTS) is 1. The third-order valence-electron chi connectivity index (χ3n) is 3.39. The molecule has 2 rings (SSSR count). The largest absolute Gasteiger partial charge is 0.479 e. The van der Waals surface area contributed by atoms with Crippen LogP contribution >= 0.6 is 0 Å². The molecule has 1 aromatic rings. The van der Waals surface area contributed by atoms with Crippen molar-refractivity contribution >= 4 is 15.8 Å². The number of hydrogen-bond donors (Lipinski definition) is 2. The van der Waals surface area contributed by atoms with E-state index < -0.39 is 37.3 Å². The molecule has 0 aliphatic carbocycles. The maximum atomic E-state index is 12.7. The zero-order valence-electron chi connectivity index (χ0n) is 10.6. The SMILES string of the molecule is O=C(O)[C@]1(S(=O)(=O)c2cccc(C(F)(F)F)c2)CCCN1. The molecule has 1 heterocycles. The van der Waals surface area contributed by atoms with Crippen molar-refractivity contribution < 1.29 is 31.5 Å². The van der Waals surface area contributed by atoms with E-state index in [9.17, 15) is 31.5 Å². The number of carbonyl (C=O) groups is 1. The number of benzene rings is 1. The first-order valence-corrected chi connectivity index (χ1v) is 7.50. The van der Waals surface area contributed by atoms with Crippen molar-refractivity contribution in [2.24, 2.45) is 0 Å². The van der Waals surface area contributed by atoms with E-state index in [1.54, 1.807) is 0 Å². The second kappa shape index (κ2) is 4.99. The lowest BCUT2D eigenvalue weighted by Gasteiger charge is -2.24. The van der Waals surface area contributed by atoms with Crippen molar-refractivity contribution in [2.45, 2.75) is 28.8 Å². The molecule has 21 heavy (non-hydrogen) atoms. The molecule has 116 valence electrons. The summed E-state index contributed by atoms with van der Waals surface area (Å²) in [7, 11) is -4.49. The first-order valence-electron chi connectivity index (χ1n) is 6.01. The molecule has 1 aliphatic rings. The van der Waals surface area contributed by atoms with Crippen LogP contribution in [0.3, 0.4) is 0 Å². The molecule has 1 aromatic carbocycles. The molecule has 0 unspecified atom stereocenters. The third-order valence-corrected chi connectivity index (χ3v) is 5.71. The Bertz CT molecular complexity index is 663. The van der Waals surface area contributed by atoms with Crippen LogP contribution in [0.15, 0.2) is 29.2 Å². The summed E-state index contributed by atoms with van der Waals surface area (Å²) in [4.78, 5) is 8.44. The fourth-order valence-corrected chi connectivity index (χ4v) is 4.16. The fourth-order valence-electron chi connectivity index (χ4n) is 2.28. The number of sulfone groups is 1. The summed E-state index contributed by atoms with van der Waals surface area (Å²) in [5.74, 6) is -1.61. The summed E-state index contributed by atoms with van der Waals surface area (Å²) < 4.78 is 62.9. The highest BCUT2D eigenvalue weighted by Gasteiger charge is 2.53. The molecule has 0 spiro atoms. The molecule has 9 heteroatoms. The Balaban J connectivity index is 2.57. The quantitative estimate of drug-likeness (QED) is 0.883. The number of aliphatic carboxylic acids is 1. The van der Waals surface area contributed by atoms with Gasteiger partial charge in [-0.05, 0) is 37.6 Å². The normalized spacial score (nSPS) is 23.2. The van der Waals surface area contributed by atoms with E-state index in [0.717, 1.165) is 18.2 Å². The maximum Gasteiger partial charge on any atom is 0.416 e. The summed E-state index contributed by atoms with van der Waals surface area (Å²) in [6.07, 6.45) is -4.59. The zero-order valence-corrected chi connectivity index (χ0v) is 11.5. The fraction of sp³-hybridized carbons (Fsp3) is 0.417. The van der Waals surface area contributed by atoms with Crippen LogP contribution in [0, 0.1) is 0 Å². The smallest absolute Gasteiger partial charge is 0.416 e. The van der Waals surface area contributed by atoms with Gasteiger partial charge in [0.15, 0.2) is 0 Å². The molecule has 1 atom stereocenters. The lowest BCUT2D eigenvalue weighted by Crippen LogP contribution is -2.54. The standard InChI is InChI=1S/C12H12F3NO4S/c13-12(14,15)8-3-1-4-9(7-8)21(19,20)11(10(17)18)5-2-6-16-11/h1,3-4,7,16H,2,5-6H2,(H,17,18)/t11-/m1/s1. The van der Waals surface area contributed by atoms with E-state index in [0.29, 0.717) is 12.5 Å². The Morgan fingerprint density at radius 3 is 2.48 bits per heavy atom. The first kappa shape index (κ1) is 15.8. The number of carboxylic acids is 1. The van der Waals surface area contributed by atoms with E-state index >= 15 is 0 Å². The van der Waals surface area contributed by atoms with Crippen molar-refractivity contribution in [1.29, 1.82) is 0 Å². The summed E-state index contributed by atoms with van der Waals surface area (Å²) in [5.41, 5.74) is -1.14. The molecular weight excluding hydrogens is 311 g/mol. The van der Waals surface area contributed by atoms with E-state index in [1.165, 1.54) is 0 Å². The Labute approximate surface area is 118 Å². The molecular formula is C12H12F3NO4S. The number of halogens is 3. The lowest BCUT2D eigenvalue weighted by atomic mass is 10.2. The summed E-state index contributed by atoms with van der Waals surface area (Å²) in [6, 6.07) is 3.10. The molecule has 0 amide bonds. The van der Waals surface area contributed by atoms with Gasteiger partial charge in [0.2, 0.25) is 14.7 Å². The Morgan fingerprint density at radius 2 is 2.00 bits per heavy atom. The van der Waals surface area contributed by atoms with Crippen molar-refractivity contribution in [3.8, 4) is 0 Å². The minimum atomic E-state index is -4.70. The Kier molecular flexibility index (Phi) is 3.75. The minimum absolute atomic E-state index is 0.171. The molecule has 0 saturated carbocycles. The molecule has 0 radical (unpaired) electrons. The van der Waals surface area contributed by atoms with Crippen LogP contribution in [0.1, 0.15) is 18.4 Å². The van der Waals surface area contributed by atoms with Gasteiger partial charge in [0.1, 0.15) is 0 Å². The van der Waals surface area contributed by atoms with Crippen molar-refractivity contribution in [1.82, 2.24) is 5.32 Å². The summed E-state index contributed by atoms with van der Waals surface area (Å²) in [6.45, 7) is 0.171. The molecule has 5 nitrogen and oxygen atoms in total. The number of nitrogens with one attached hydrogen (secondary N) is 1. The number of hydrogen-bond acceptors (Lipinski definition) is 4. The predicted molar refractivity (Wildman–Crippen MR) is 66.2 cm³/mol. The molecule has 2 N–H and O–H groups in total. The van der Waals surface area contributed by atoms with E-state index in [4.69, 9.17) is 0 Å². The van der Waals surface area contributed by atoms with E-state index in [-0.39, 0.29) is 13.0 Å². The number of rotatable bonds is 3. The summed E-state index contributed by atoms with van der Waals surface area (Å²) in [5, 5.41) is 11.6. The first-order chi connectivity index (χ1) is 9.61. The van der Waals surface area contributed by atoms with Gasteiger partial charge in [0.25, 0.3) is 0 Å². The van der Waals surface area contributed by atoms with Gasteiger partial charge in [-0.25, -0.2) is 13.2 Å². The van der Waals surface area contributed by atoms with Crippen LogP contribution in [0.2, 0.25) is 0 Å². The van der Waals surface area contributed by atoms with Crippen molar-refractivity contribution in [3.63, 3.8) is 0 Å². The number of alkyl halides is 3. The Hall–Kier alpha value is -1.61. The topological polar surface area (TPSA) is 83.5 Å². The average molecular weight is 323 g/mol. The maximum absolute atomic E-state index is 12.7. The third kappa shape index (κ3) is 2.51. The van der Waals surface area contributed by atoms with Gasteiger partial charge < -0.3 is 5.11 Å². The summed E-state index contributed by atoms with van der Waals surface area (Å²) >= 11 is 0. The van der Waals surface area contributed by atoms with Crippen LogP contribution in [-0.2, 0) is 20.8 Å². The average Bonchev–Trinajstić information content (AvgIpc) is 2.89. The van der Waals surface area contributed by atoms with Gasteiger partial charge in [0, 0.05) is 0 Å². The zero-order chi connectivity index (χ0) is 15.9. The Morgan fingerprint density at radius 1 is 1.33 bits per heavy atom. The highest BCUT2D eigenvalue weighted by molar-refractivity contribution is 7.93. The predicted octanol–water partition coefficient (Wildman–Crippen LogP) is 1.64. The molecule has 1 saturated heterocycles. The highest BCUT2D eigenvalue weighted by Crippen LogP contribution is 2.35. The van der Waals surface area contributed by atoms with Gasteiger partial charge in [-0.3, -0.25) is 5.32 Å². The molecule has 0 bridgehead atoms. The van der Waals surface area contributed by atoms with Gasteiger partial charge >= 0.3 is 12.1 Å². The highest BCUT2D eigenvalue weighted by atomic mass is 32.2. The second-order valence-corrected chi connectivity index (χ2v) is 6.87. The van der Waals surface area contributed by atoms with Gasteiger partial charge in [0.05, 0.1) is 10.5 Å². The van der Waals surface area contributed by atoms with E-state index in [2.05, 4.69) is 5.32 Å². The second-order valence-electron chi connectivity index (χ2n) is 4.69. The monoisotopic (exact) mass is 323 g/mol. The van der Waals surface area contributed by atoms with Crippen LogP contribution in [0.4, 0.5) is 13.2 Å². The van der Waals surface area contributed by atoms with Crippen molar-refractivity contribution in [2.75, 3.05) is 6.54 Å². The molecule has 0 aromatic heterocycles. The van der Waals surface area contributed by atoms with Crippen LogP contribution in [0.5, 0.6) is 0 Å². The minimum Gasteiger partial charge on any atom is -0.479 e. The van der Waals surface area contributed by atoms with E-state index in [1.807, 2.05) is 0 Å². The molecule has 1 fully saturated rings. The van der Waals surface area contributed by atoms with Crippen LogP contribution in [-0.4, -0.2) is 30.9 Å². The van der Waals surface area contributed by atoms with Crippen molar-refractivity contribution in [3.05, 3.63) is 29.8 Å². The molecule has 1 aliphatic heterocycles. The van der Waals surface area contributed by atoms with Gasteiger partial charge in [-0.15, -0.1) is 0 Å². The lowest BCUT2D eigenvalue weighted by molar-refractivity contribution is -0.140. The van der Waals surface area contributed by atoms with Gasteiger partial charge in [-0.2, -0.15) is 13.2 Å². The van der Waals surface area contributed by atoms with Gasteiger partial charge in [-0.1, -0.05) is 6.07 Å².